The van der Waals surface area contributed by atoms with Gasteiger partial charge < -0.3 is 10.1 Å². The number of hydrogen-bond donors (Lipinski definition) is 1. The van der Waals surface area contributed by atoms with Gasteiger partial charge in [0.1, 0.15) is 9.84 Å². The summed E-state index contributed by atoms with van der Waals surface area (Å²) >= 11 is 0. The van der Waals surface area contributed by atoms with Crippen LogP contribution in [0.1, 0.15) is 33.1 Å². The molecule has 0 aliphatic rings. The highest BCUT2D eigenvalue weighted by atomic mass is 32.2. The summed E-state index contributed by atoms with van der Waals surface area (Å²) in [4.78, 5) is 0. The van der Waals surface area contributed by atoms with Crippen molar-refractivity contribution in [1.82, 2.24) is 5.32 Å². The lowest BCUT2D eigenvalue weighted by atomic mass is 10.1. The second-order valence-corrected chi connectivity index (χ2v) is 6.57. The van der Waals surface area contributed by atoms with Gasteiger partial charge in [-0.05, 0) is 32.7 Å². The molecule has 0 aromatic heterocycles. The number of hydrogen-bond acceptors (Lipinski definition) is 4. The highest BCUT2D eigenvalue weighted by Gasteiger charge is 2.12. The molecule has 0 fully saturated rings. The molecular formula is C11H25NO3S. The predicted octanol–water partition coefficient (Wildman–Crippen LogP) is 1.21. The Balaban J connectivity index is 3.93. The van der Waals surface area contributed by atoms with Gasteiger partial charge in [0, 0.05) is 25.2 Å². The van der Waals surface area contributed by atoms with Crippen LogP contribution in [-0.2, 0) is 14.6 Å². The second-order valence-electron chi connectivity index (χ2n) is 4.31. The van der Waals surface area contributed by atoms with E-state index >= 15 is 0 Å². The zero-order chi connectivity index (χ0) is 12.6. The first-order valence-electron chi connectivity index (χ1n) is 5.83. The Morgan fingerprint density at radius 1 is 1.38 bits per heavy atom. The molecular weight excluding hydrogens is 226 g/mol. The quantitative estimate of drug-likeness (QED) is 0.669. The monoisotopic (exact) mass is 251 g/mol. The van der Waals surface area contributed by atoms with Gasteiger partial charge in [-0.25, -0.2) is 8.42 Å². The highest BCUT2D eigenvalue weighted by molar-refractivity contribution is 7.90. The van der Waals surface area contributed by atoms with Gasteiger partial charge in [0.25, 0.3) is 0 Å². The molecule has 0 aliphatic heterocycles. The lowest BCUT2D eigenvalue weighted by Gasteiger charge is -2.20. The van der Waals surface area contributed by atoms with Crippen molar-refractivity contribution in [3.8, 4) is 0 Å². The topological polar surface area (TPSA) is 55.4 Å². The van der Waals surface area contributed by atoms with Gasteiger partial charge in [-0.1, -0.05) is 6.92 Å². The second kappa shape index (κ2) is 8.03. The Hall–Kier alpha value is -0.130. The minimum Gasteiger partial charge on any atom is -0.382 e. The summed E-state index contributed by atoms with van der Waals surface area (Å²) in [5.74, 6) is 0.274. The first kappa shape index (κ1) is 15.9. The summed E-state index contributed by atoms with van der Waals surface area (Å²) < 4.78 is 27.2. The number of rotatable bonds is 9. The fourth-order valence-electron chi connectivity index (χ4n) is 1.68. The van der Waals surface area contributed by atoms with Crippen molar-refractivity contribution in [3.05, 3.63) is 0 Å². The number of nitrogens with one attached hydrogen (secondary N) is 1. The maximum atomic E-state index is 11.0. The summed E-state index contributed by atoms with van der Waals surface area (Å²) in [5.41, 5.74) is 0. The highest BCUT2D eigenvalue weighted by Crippen LogP contribution is 2.08. The zero-order valence-corrected chi connectivity index (χ0v) is 11.6. The SMILES string of the molecule is CCNC(CCCS(C)(=O)=O)CC(C)OC. The number of methoxy groups -OCH3 is 1. The van der Waals surface area contributed by atoms with E-state index in [1.165, 1.54) is 6.26 Å². The fourth-order valence-corrected chi connectivity index (χ4v) is 2.37. The summed E-state index contributed by atoms with van der Waals surface area (Å²) in [6.45, 7) is 4.99. The standard InChI is InChI=1S/C11H25NO3S/c1-5-12-11(9-10(2)15-3)7-6-8-16(4,13)14/h10-12H,5-9H2,1-4H3. The Kier molecular flexibility index (Phi) is 7.97. The molecule has 0 aromatic carbocycles. The van der Waals surface area contributed by atoms with Crippen molar-refractivity contribution in [1.29, 1.82) is 0 Å². The van der Waals surface area contributed by atoms with Gasteiger partial charge in [0.05, 0.1) is 6.10 Å². The Labute approximate surface area is 99.7 Å². The van der Waals surface area contributed by atoms with Crippen molar-refractivity contribution in [2.45, 2.75) is 45.3 Å². The third-order valence-electron chi connectivity index (χ3n) is 2.58. The van der Waals surface area contributed by atoms with Crippen molar-refractivity contribution in [2.75, 3.05) is 25.7 Å². The average Bonchev–Trinajstić information content (AvgIpc) is 2.15. The van der Waals surface area contributed by atoms with E-state index in [1.54, 1.807) is 7.11 Å². The third kappa shape index (κ3) is 9.12. The van der Waals surface area contributed by atoms with Crippen LogP contribution in [0.3, 0.4) is 0 Å². The largest absolute Gasteiger partial charge is 0.382 e. The van der Waals surface area contributed by atoms with E-state index in [-0.39, 0.29) is 11.9 Å². The van der Waals surface area contributed by atoms with Crippen LogP contribution < -0.4 is 5.32 Å². The molecule has 0 saturated carbocycles. The van der Waals surface area contributed by atoms with E-state index in [2.05, 4.69) is 12.2 Å². The van der Waals surface area contributed by atoms with Crippen LogP contribution in [-0.4, -0.2) is 46.2 Å². The van der Waals surface area contributed by atoms with E-state index in [0.717, 1.165) is 19.4 Å². The zero-order valence-electron chi connectivity index (χ0n) is 10.8. The molecule has 0 rings (SSSR count). The normalized spacial score (nSPS) is 16.0. The van der Waals surface area contributed by atoms with Gasteiger partial charge in [-0.3, -0.25) is 0 Å². The van der Waals surface area contributed by atoms with Crippen LogP contribution in [0, 0.1) is 0 Å². The third-order valence-corrected chi connectivity index (χ3v) is 3.61. The summed E-state index contributed by atoms with van der Waals surface area (Å²) in [7, 11) is -1.13. The molecule has 0 aliphatic carbocycles. The molecule has 98 valence electrons. The molecule has 0 aromatic rings. The molecule has 5 heteroatoms. The maximum absolute atomic E-state index is 11.0. The Morgan fingerprint density at radius 2 is 2.00 bits per heavy atom. The van der Waals surface area contributed by atoms with Crippen molar-refractivity contribution in [2.24, 2.45) is 0 Å². The molecule has 0 radical (unpaired) electrons. The molecule has 0 bridgehead atoms. The lowest BCUT2D eigenvalue weighted by Crippen LogP contribution is -2.32. The molecule has 0 spiro atoms. The Bertz CT molecular complexity index is 264. The van der Waals surface area contributed by atoms with Crippen LogP contribution in [0.2, 0.25) is 0 Å². The van der Waals surface area contributed by atoms with Crippen LogP contribution in [0.4, 0.5) is 0 Å². The summed E-state index contributed by atoms with van der Waals surface area (Å²) in [6, 6.07) is 0.349. The molecule has 4 nitrogen and oxygen atoms in total. The van der Waals surface area contributed by atoms with Crippen molar-refractivity contribution >= 4 is 9.84 Å². The van der Waals surface area contributed by atoms with Crippen LogP contribution in [0.5, 0.6) is 0 Å². The fraction of sp³-hybridized carbons (Fsp3) is 1.00. The first-order chi connectivity index (χ1) is 7.39. The molecule has 1 N–H and O–H groups in total. The van der Waals surface area contributed by atoms with Crippen LogP contribution in [0.15, 0.2) is 0 Å². The van der Waals surface area contributed by atoms with E-state index in [0.29, 0.717) is 12.5 Å². The van der Waals surface area contributed by atoms with Gasteiger partial charge in [0.15, 0.2) is 0 Å². The van der Waals surface area contributed by atoms with E-state index in [1.807, 2.05) is 6.92 Å². The smallest absolute Gasteiger partial charge is 0.147 e. The van der Waals surface area contributed by atoms with Gasteiger partial charge in [-0.15, -0.1) is 0 Å². The minimum absolute atomic E-state index is 0.210. The summed E-state index contributed by atoms with van der Waals surface area (Å²) in [6.07, 6.45) is 4.02. The van der Waals surface area contributed by atoms with E-state index in [9.17, 15) is 8.42 Å². The minimum atomic E-state index is -2.83. The van der Waals surface area contributed by atoms with Crippen molar-refractivity contribution < 1.29 is 13.2 Å². The number of sulfone groups is 1. The molecule has 0 saturated heterocycles. The molecule has 0 heterocycles. The van der Waals surface area contributed by atoms with Gasteiger partial charge in [0.2, 0.25) is 0 Å². The lowest BCUT2D eigenvalue weighted by molar-refractivity contribution is 0.0994. The van der Waals surface area contributed by atoms with Gasteiger partial charge in [-0.2, -0.15) is 0 Å². The predicted molar refractivity (Wildman–Crippen MR) is 67.5 cm³/mol. The molecule has 0 amide bonds. The first-order valence-corrected chi connectivity index (χ1v) is 7.89. The van der Waals surface area contributed by atoms with E-state index < -0.39 is 9.84 Å². The molecule has 2 unspecified atom stereocenters. The van der Waals surface area contributed by atoms with Crippen LogP contribution >= 0.6 is 0 Å². The summed E-state index contributed by atoms with van der Waals surface area (Å²) in [5, 5.41) is 3.36. The van der Waals surface area contributed by atoms with Crippen LogP contribution in [0.25, 0.3) is 0 Å². The van der Waals surface area contributed by atoms with E-state index in [4.69, 9.17) is 4.74 Å². The molecule has 16 heavy (non-hydrogen) atoms. The molecule has 2 atom stereocenters. The number of ether oxygens (including phenoxy) is 1. The average molecular weight is 251 g/mol. The maximum Gasteiger partial charge on any atom is 0.147 e. The Morgan fingerprint density at radius 3 is 2.44 bits per heavy atom. The van der Waals surface area contributed by atoms with Gasteiger partial charge >= 0.3 is 0 Å². The van der Waals surface area contributed by atoms with Crippen molar-refractivity contribution in [3.63, 3.8) is 0 Å².